The molecule has 0 atom stereocenters. The number of thiazole rings is 1. The lowest BCUT2D eigenvalue weighted by Gasteiger charge is -1.91. The summed E-state index contributed by atoms with van der Waals surface area (Å²) in [5.74, 6) is 0. The van der Waals surface area contributed by atoms with E-state index in [1.165, 1.54) is 0 Å². The average Bonchev–Trinajstić information content (AvgIpc) is 2.54. The third-order valence-corrected chi connectivity index (χ3v) is 2.97. The summed E-state index contributed by atoms with van der Waals surface area (Å²) in [4.78, 5) is 4.24. The third-order valence-electron chi connectivity index (χ3n) is 1.44. The Balaban J connectivity index is 2.45. The zero-order valence-corrected chi connectivity index (χ0v) is 8.52. The van der Waals surface area contributed by atoms with Crippen LogP contribution in [0.3, 0.4) is 0 Å². The Hall–Kier alpha value is -0.670. The van der Waals surface area contributed by atoms with Crippen molar-refractivity contribution in [3.8, 4) is 10.6 Å². The number of rotatable bonds is 1. The Morgan fingerprint density at radius 3 is 2.67 bits per heavy atom. The van der Waals surface area contributed by atoms with Gasteiger partial charge in [-0.3, -0.25) is 0 Å². The van der Waals surface area contributed by atoms with E-state index < -0.39 is 0 Å². The highest BCUT2D eigenvalue weighted by Gasteiger charge is 2.00. The van der Waals surface area contributed by atoms with Gasteiger partial charge in [-0.15, -0.1) is 11.3 Å². The van der Waals surface area contributed by atoms with E-state index in [0.29, 0.717) is 0 Å². The lowest BCUT2D eigenvalue weighted by molar-refractivity contribution is 1.41. The van der Waals surface area contributed by atoms with E-state index in [1.54, 1.807) is 11.3 Å². The predicted octanol–water partition coefficient (Wildman–Crippen LogP) is 3.37. The zero-order valence-electron chi connectivity index (χ0n) is 6.12. The van der Waals surface area contributed by atoms with Crippen molar-refractivity contribution in [1.29, 1.82) is 0 Å². The Labute approximate surface area is 83.2 Å². The molecule has 3 heteroatoms. The molecule has 1 aromatic carbocycles. The fourth-order valence-corrected chi connectivity index (χ4v) is 2.13. The highest BCUT2D eigenvalue weighted by molar-refractivity contribution is 9.11. The third kappa shape index (κ3) is 1.57. The topological polar surface area (TPSA) is 12.9 Å². The summed E-state index contributed by atoms with van der Waals surface area (Å²) in [5, 5.41) is 1.04. The van der Waals surface area contributed by atoms with Gasteiger partial charge in [-0.25, -0.2) is 4.98 Å². The van der Waals surface area contributed by atoms with Gasteiger partial charge in [0.15, 0.2) is 0 Å². The van der Waals surface area contributed by atoms with Gasteiger partial charge in [0.2, 0.25) is 0 Å². The van der Waals surface area contributed by atoms with Gasteiger partial charge >= 0.3 is 0 Å². The van der Waals surface area contributed by atoms with Crippen LogP contribution in [0.25, 0.3) is 10.6 Å². The molecule has 0 saturated heterocycles. The summed E-state index contributed by atoms with van der Waals surface area (Å²) in [6.07, 6.45) is 1.82. The molecular formula is C9H5BrNS. The van der Waals surface area contributed by atoms with Crippen LogP contribution in [0.1, 0.15) is 0 Å². The smallest absolute Gasteiger partial charge is 0.124 e. The SMILES string of the molecule is Brc1cnc(-c2cc[c]cc2)s1. The van der Waals surface area contributed by atoms with Crippen LogP contribution in [-0.2, 0) is 0 Å². The van der Waals surface area contributed by atoms with Crippen LogP contribution in [0.2, 0.25) is 0 Å². The first-order valence-electron chi connectivity index (χ1n) is 3.44. The van der Waals surface area contributed by atoms with E-state index in [2.05, 4.69) is 27.0 Å². The van der Waals surface area contributed by atoms with Crippen LogP contribution in [0.4, 0.5) is 0 Å². The van der Waals surface area contributed by atoms with Crippen LogP contribution >= 0.6 is 27.3 Å². The van der Waals surface area contributed by atoms with E-state index in [-0.39, 0.29) is 0 Å². The molecule has 0 N–H and O–H groups in total. The van der Waals surface area contributed by atoms with Gasteiger partial charge in [0.05, 0.1) is 9.98 Å². The summed E-state index contributed by atoms with van der Waals surface area (Å²) in [5.41, 5.74) is 1.14. The van der Waals surface area contributed by atoms with Crippen molar-refractivity contribution in [1.82, 2.24) is 4.98 Å². The standard InChI is InChI=1S/C9H5BrNS/c10-8-6-11-9(12-8)7-4-2-1-3-5-7/h2-6H. The molecule has 0 aliphatic heterocycles. The molecule has 1 nitrogen and oxygen atoms in total. The number of aromatic nitrogens is 1. The van der Waals surface area contributed by atoms with E-state index in [0.717, 1.165) is 14.4 Å². The van der Waals surface area contributed by atoms with Crippen molar-refractivity contribution in [3.05, 3.63) is 40.3 Å². The summed E-state index contributed by atoms with van der Waals surface area (Å²) in [6.45, 7) is 0. The molecule has 0 aliphatic rings. The first-order valence-corrected chi connectivity index (χ1v) is 5.05. The van der Waals surface area contributed by atoms with E-state index in [4.69, 9.17) is 0 Å². The minimum Gasteiger partial charge on any atom is -0.243 e. The van der Waals surface area contributed by atoms with Crippen LogP contribution in [-0.4, -0.2) is 4.98 Å². The maximum atomic E-state index is 4.24. The van der Waals surface area contributed by atoms with Gasteiger partial charge in [-0.2, -0.15) is 0 Å². The normalized spacial score (nSPS) is 10.1. The Morgan fingerprint density at radius 1 is 1.33 bits per heavy atom. The van der Waals surface area contributed by atoms with E-state index in [9.17, 15) is 0 Å². The van der Waals surface area contributed by atoms with Crippen molar-refractivity contribution in [2.24, 2.45) is 0 Å². The molecule has 1 heterocycles. The first kappa shape index (κ1) is 7.95. The monoisotopic (exact) mass is 238 g/mol. The molecule has 2 rings (SSSR count). The molecular weight excluding hydrogens is 234 g/mol. The summed E-state index contributed by atoms with van der Waals surface area (Å²) >= 11 is 5.01. The van der Waals surface area contributed by atoms with Gasteiger partial charge in [0, 0.05) is 5.56 Å². The minimum atomic E-state index is 1.04. The summed E-state index contributed by atoms with van der Waals surface area (Å²) in [6, 6.07) is 10.8. The molecule has 1 aromatic heterocycles. The first-order chi connectivity index (χ1) is 5.86. The Bertz CT molecular complexity index is 369. The van der Waals surface area contributed by atoms with E-state index in [1.807, 2.05) is 30.5 Å². The van der Waals surface area contributed by atoms with Gasteiger partial charge in [0.25, 0.3) is 0 Å². The van der Waals surface area contributed by atoms with Crippen molar-refractivity contribution in [2.45, 2.75) is 0 Å². The molecule has 1 radical (unpaired) electrons. The lowest BCUT2D eigenvalue weighted by Crippen LogP contribution is -1.71. The van der Waals surface area contributed by atoms with Crippen molar-refractivity contribution < 1.29 is 0 Å². The quantitative estimate of drug-likeness (QED) is 0.743. The van der Waals surface area contributed by atoms with Crippen LogP contribution < -0.4 is 0 Å². The second kappa shape index (κ2) is 3.37. The molecule has 0 amide bonds. The average molecular weight is 239 g/mol. The number of benzene rings is 1. The summed E-state index contributed by atoms with van der Waals surface area (Å²) in [7, 11) is 0. The van der Waals surface area contributed by atoms with Crippen LogP contribution in [0.15, 0.2) is 34.2 Å². The second-order valence-electron chi connectivity index (χ2n) is 2.26. The van der Waals surface area contributed by atoms with Crippen molar-refractivity contribution in [3.63, 3.8) is 0 Å². The highest BCUT2D eigenvalue weighted by atomic mass is 79.9. The number of halogens is 1. The molecule has 0 fully saturated rings. The molecule has 12 heavy (non-hydrogen) atoms. The molecule has 2 aromatic rings. The van der Waals surface area contributed by atoms with Gasteiger partial charge < -0.3 is 0 Å². The number of hydrogen-bond acceptors (Lipinski definition) is 2. The Morgan fingerprint density at radius 2 is 2.08 bits per heavy atom. The predicted molar refractivity (Wildman–Crippen MR) is 54.1 cm³/mol. The molecule has 0 saturated carbocycles. The lowest BCUT2D eigenvalue weighted by atomic mass is 10.2. The Kier molecular flexibility index (Phi) is 2.23. The largest absolute Gasteiger partial charge is 0.243 e. The maximum absolute atomic E-state index is 4.24. The molecule has 0 bridgehead atoms. The second-order valence-corrected chi connectivity index (χ2v) is 4.67. The van der Waals surface area contributed by atoms with Gasteiger partial charge in [-0.1, -0.05) is 24.3 Å². The zero-order chi connectivity index (χ0) is 8.39. The number of nitrogens with zero attached hydrogens (tertiary/aromatic N) is 1. The van der Waals surface area contributed by atoms with Crippen LogP contribution in [0, 0.1) is 6.07 Å². The van der Waals surface area contributed by atoms with Crippen molar-refractivity contribution in [2.75, 3.05) is 0 Å². The molecule has 59 valence electrons. The van der Waals surface area contributed by atoms with E-state index >= 15 is 0 Å². The molecule has 0 unspecified atom stereocenters. The van der Waals surface area contributed by atoms with Gasteiger partial charge in [0.1, 0.15) is 5.01 Å². The van der Waals surface area contributed by atoms with Crippen LogP contribution in [0.5, 0.6) is 0 Å². The van der Waals surface area contributed by atoms with Gasteiger partial charge in [-0.05, 0) is 22.0 Å². The molecule has 0 aliphatic carbocycles. The number of hydrogen-bond donors (Lipinski definition) is 0. The molecule has 0 spiro atoms. The minimum absolute atomic E-state index is 1.04. The fourth-order valence-electron chi connectivity index (χ4n) is 0.917. The fraction of sp³-hybridized carbons (Fsp3) is 0. The maximum Gasteiger partial charge on any atom is 0.124 e. The summed E-state index contributed by atoms with van der Waals surface area (Å²) < 4.78 is 1.06. The highest BCUT2D eigenvalue weighted by Crippen LogP contribution is 2.27. The van der Waals surface area contributed by atoms with Crippen molar-refractivity contribution >= 4 is 27.3 Å².